The van der Waals surface area contributed by atoms with Crippen LogP contribution in [-0.4, -0.2) is 40.6 Å². The predicted octanol–water partition coefficient (Wildman–Crippen LogP) is 3.84. The first-order valence-electron chi connectivity index (χ1n) is 9.76. The Morgan fingerprint density at radius 3 is 2.79 bits per heavy atom. The first-order valence-corrected chi connectivity index (χ1v) is 9.76. The van der Waals surface area contributed by atoms with Crippen LogP contribution in [0.25, 0.3) is 11.3 Å². The fourth-order valence-corrected chi connectivity index (χ4v) is 3.91. The molecular weight excluding hydrogens is 369 g/mol. The van der Waals surface area contributed by atoms with Crippen LogP contribution in [0.15, 0.2) is 48.7 Å². The summed E-state index contributed by atoms with van der Waals surface area (Å²) in [6.07, 6.45) is 2.56. The van der Waals surface area contributed by atoms with E-state index in [-0.39, 0.29) is 11.7 Å². The van der Waals surface area contributed by atoms with E-state index in [0.29, 0.717) is 43.8 Å². The molecule has 0 aliphatic carbocycles. The van der Waals surface area contributed by atoms with Crippen molar-refractivity contribution in [2.45, 2.75) is 26.5 Å². The van der Waals surface area contributed by atoms with Crippen molar-refractivity contribution < 1.29 is 13.9 Å². The fourth-order valence-electron chi connectivity index (χ4n) is 3.91. The van der Waals surface area contributed by atoms with Gasteiger partial charge in [-0.3, -0.25) is 4.79 Å². The highest BCUT2D eigenvalue weighted by Crippen LogP contribution is 2.27. The Balaban J connectivity index is 1.60. The van der Waals surface area contributed by atoms with Gasteiger partial charge in [0.1, 0.15) is 11.6 Å². The Bertz CT molecular complexity index is 1040. The van der Waals surface area contributed by atoms with E-state index in [4.69, 9.17) is 4.74 Å². The molecule has 0 saturated carbocycles. The number of rotatable bonds is 4. The number of amides is 1. The third kappa shape index (κ3) is 3.68. The molecule has 0 atom stereocenters. The number of halogens is 1. The molecule has 2 heterocycles. The molecule has 4 rings (SSSR count). The topological polar surface area (TPSA) is 47.4 Å². The predicted molar refractivity (Wildman–Crippen MR) is 109 cm³/mol. The van der Waals surface area contributed by atoms with E-state index in [2.05, 4.69) is 21.7 Å². The maximum atomic E-state index is 13.9. The van der Waals surface area contributed by atoms with E-state index in [1.165, 1.54) is 6.07 Å². The highest BCUT2D eigenvalue weighted by molar-refractivity contribution is 5.95. The maximum Gasteiger partial charge on any atom is 0.254 e. The number of imidazole rings is 1. The van der Waals surface area contributed by atoms with Crippen molar-refractivity contribution in [3.05, 3.63) is 77.0 Å². The van der Waals surface area contributed by atoms with Gasteiger partial charge >= 0.3 is 0 Å². The SMILES string of the molecule is COCc1ccccc1-c1cnc2n1CCN(C(=O)c1cccc(F)c1C)CC2. The number of ether oxygens (including phenoxy) is 1. The molecular formula is C23H24FN3O2. The Hall–Kier alpha value is -2.99. The Morgan fingerprint density at radius 1 is 1.14 bits per heavy atom. The molecule has 0 radical (unpaired) electrons. The summed E-state index contributed by atoms with van der Waals surface area (Å²) >= 11 is 0. The highest BCUT2D eigenvalue weighted by atomic mass is 19.1. The van der Waals surface area contributed by atoms with Crippen LogP contribution in [0.2, 0.25) is 0 Å². The lowest BCUT2D eigenvalue weighted by Gasteiger charge is -2.21. The number of benzene rings is 2. The van der Waals surface area contributed by atoms with Gasteiger partial charge in [0, 0.05) is 44.3 Å². The standard InChI is InChI=1S/C23H24FN3O2/c1-16-18(8-5-9-20(16)24)23(28)26-11-10-22-25-14-21(27(22)13-12-26)19-7-4-3-6-17(19)15-29-2/h3-9,14H,10-13,15H2,1-2H3. The molecule has 0 N–H and O–H groups in total. The van der Waals surface area contributed by atoms with Crippen molar-refractivity contribution in [2.24, 2.45) is 0 Å². The lowest BCUT2D eigenvalue weighted by molar-refractivity contribution is 0.0758. The number of hydrogen-bond acceptors (Lipinski definition) is 3. The van der Waals surface area contributed by atoms with E-state index in [1.807, 2.05) is 18.3 Å². The molecule has 5 nitrogen and oxygen atoms in total. The van der Waals surface area contributed by atoms with Gasteiger partial charge in [-0.05, 0) is 30.2 Å². The van der Waals surface area contributed by atoms with Gasteiger partial charge in [-0.1, -0.05) is 30.3 Å². The van der Waals surface area contributed by atoms with Crippen LogP contribution in [0.3, 0.4) is 0 Å². The second-order valence-electron chi connectivity index (χ2n) is 7.26. The lowest BCUT2D eigenvalue weighted by Crippen LogP contribution is -2.34. The molecule has 2 aromatic carbocycles. The largest absolute Gasteiger partial charge is 0.380 e. The number of fused-ring (bicyclic) bond motifs is 1. The zero-order chi connectivity index (χ0) is 20.4. The Kier molecular flexibility index (Phi) is 5.45. The summed E-state index contributed by atoms with van der Waals surface area (Å²) in [7, 11) is 1.69. The molecule has 1 amide bonds. The van der Waals surface area contributed by atoms with Crippen molar-refractivity contribution in [3.8, 4) is 11.3 Å². The van der Waals surface area contributed by atoms with Crippen LogP contribution in [0.4, 0.5) is 4.39 Å². The molecule has 0 saturated heterocycles. The molecule has 1 aliphatic rings. The van der Waals surface area contributed by atoms with Gasteiger partial charge in [-0.2, -0.15) is 0 Å². The van der Waals surface area contributed by atoms with E-state index in [1.54, 1.807) is 31.1 Å². The lowest BCUT2D eigenvalue weighted by atomic mass is 10.1. The van der Waals surface area contributed by atoms with Crippen LogP contribution in [-0.2, 0) is 24.3 Å². The second kappa shape index (κ2) is 8.17. The average Bonchev–Trinajstić information content (AvgIpc) is 3.01. The van der Waals surface area contributed by atoms with Crippen LogP contribution >= 0.6 is 0 Å². The van der Waals surface area contributed by atoms with Crippen LogP contribution in [0.5, 0.6) is 0 Å². The summed E-state index contributed by atoms with van der Waals surface area (Å²) in [4.78, 5) is 19.4. The Labute approximate surface area is 169 Å². The normalized spacial score (nSPS) is 13.8. The highest BCUT2D eigenvalue weighted by Gasteiger charge is 2.24. The van der Waals surface area contributed by atoms with Crippen molar-refractivity contribution in [1.82, 2.24) is 14.5 Å². The van der Waals surface area contributed by atoms with Crippen LogP contribution in [0.1, 0.15) is 27.3 Å². The van der Waals surface area contributed by atoms with Crippen molar-refractivity contribution >= 4 is 5.91 Å². The zero-order valence-electron chi connectivity index (χ0n) is 16.7. The van der Waals surface area contributed by atoms with Gasteiger partial charge in [-0.25, -0.2) is 9.37 Å². The summed E-state index contributed by atoms with van der Waals surface area (Å²) in [5.41, 5.74) is 4.05. The summed E-state index contributed by atoms with van der Waals surface area (Å²) in [6, 6.07) is 12.8. The molecule has 1 aliphatic heterocycles. The van der Waals surface area contributed by atoms with Gasteiger partial charge in [0.15, 0.2) is 0 Å². The van der Waals surface area contributed by atoms with Gasteiger partial charge < -0.3 is 14.2 Å². The smallest absolute Gasteiger partial charge is 0.254 e. The molecule has 29 heavy (non-hydrogen) atoms. The third-order valence-corrected chi connectivity index (χ3v) is 5.52. The van der Waals surface area contributed by atoms with Crippen molar-refractivity contribution in [2.75, 3.05) is 20.2 Å². The number of carbonyl (C=O) groups is 1. The van der Waals surface area contributed by atoms with Crippen molar-refractivity contribution in [1.29, 1.82) is 0 Å². The van der Waals surface area contributed by atoms with Crippen LogP contribution in [0, 0.1) is 12.7 Å². The first kappa shape index (κ1) is 19.3. The number of methoxy groups -OCH3 is 1. The number of aromatic nitrogens is 2. The number of hydrogen-bond donors (Lipinski definition) is 0. The summed E-state index contributed by atoms with van der Waals surface area (Å²) in [5, 5.41) is 0. The molecule has 0 spiro atoms. The molecule has 0 unspecified atom stereocenters. The molecule has 150 valence electrons. The molecule has 3 aromatic rings. The Morgan fingerprint density at radius 2 is 1.97 bits per heavy atom. The quantitative estimate of drug-likeness (QED) is 0.677. The molecule has 0 bridgehead atoms. The zero-order valence-corrected chi connectivity index (χ0v) is 16.7. The minimum Gasteiger partial charge on any atom is -0.380 e. The molecule has 1 aromatic heterocycles. The van der Waals surface area contributed by atoms with E-state index in [9.17, 15) is 9.18 Å². The van der Waals surface area contributed by atoms with Gasteiger partial charge in [0.05, 0.1) is 18.5 Å². The summed E-state index contributed by atoms with van der Waals surface area (Å²) < 4.78 is 21.4. The van der Waals surface area contributed by atoms with Crippen molar-refractivity contribution in [3.63, 3.8) is 0 Å². The number of nitrogens with zero attached hydrogens (tertiary/aromatic N) is 3. The fraction of sp³-hybridized carbons (Fsp3) is 0.304. The van der Waals surface area contributed by atoms with Gasteiger partial charge in [-0.15, -0.1) is 0 Å². The van der Waals surface area contributed by atoms with Crippen LogP contribution < -0.4 is 0 Å². The minimum absolute atomic E-state index is 0.130. The minimum atomic E-state index is -0.351. The van der Waals surface area contributed by atoms with Gasteiger partial charge in [0.2, 0.25) is 0 Å². The van der Waals surface area contributed by atoms with E-state index >= 15 is 0 Å². The van der Waals surface area contributed by atoms with E-state index < -0.39 is 0 Å². The molecule has 0 fully saturated rings. The summed E-state index contributed by atoms with van der Waals surface area (Å²) in [5.74, 6) is 0.475. The molecule has 6 heteroatoms. The average molecular weight is 393 g/mol. The van der Waals surface area contributed by atoms with E-state index in [0.717, 1.165) is 22.6 Å². The maximum absolute atomic E-state index is 13.9. The number of carbonyl (C=O) groups excluding carboxylic acids is 1. The second-order valence-corrected chi connectivity index (χ2v) is 7.26. The summed E-state index contributed by atoms with van der Waals surface area (Å²) in [6.45, 7) is 3.94. The third-order valence-electron chi connectivity index (χ3n) is 5.52. The monoisotopic (exact) mass is 393 g/mol. The first-order chi connectivity index (χ1) is 14.1. The van der Waals surface area contributed by atoms with Gasteiger partial charge in [0.25, 0.3) is 5.91 Å².